The lowest BCUT2D eigenvalue weighted by Gasteiger charge is -2.37. The second-order valence-electron chi connectivity index (χ2n) is 5.65. The Morgan fingerprint density at radius 2 is 2.20 bits per heavy atom. The largest absolute Gasteiger partial charge is 0.384 e. The van der Waals surface area contributed by atoms with E-state index in [9.17, 15) is 4.79 Å². The van der Waals surface area contributed by atoms with Gasteiger partial charge in [-0.3, -0.25) is 4.79 Å². The number of piperidine rings is 1. The van der Waals surface area contributed by atoms with Gasteiger partial charge >= 0.3 is 0 Å². The Hall–Kier alpha value is -0.910. The van der Waals surface area contributed by atoms with Crippen molar-refractivity contribution < 1.29 is 9.53 Å². The first-order valence-corrected chi connectivity index (χ1v) is 7.97. The van der Waals surface area contributed by atoms with Crippen LogP contribution in [0.5, 0.6) is 0 Å². The zero-order valence-corrected chi connectivity index (χ0v) is 13.1. The van der Waals surface area contributed by atoms with Crippen LogP contribution < -0.4 is 10.6 Å². The van der Waals surface area contributed by atoms with Crippen LogP contribution in [-0.4, -0.2) is 39.3 Å². The molecule has 0 aliphatic carbocycles. The summed E-state index contributed by atoms with van der Waals surface area (Å²) in [7, 11) is 1.74. The fourth-order valence-corrected chi connectivity index (χ4v) is 3.61. The van der Waals surface area contributed by atoms with Gasteiger partial charge in [-0.2, -0.15) is 0 Å². The number of hydrogen-bond acceptors (Lipinski definition) is 4. The van der Waals surface area contributed by atoms with Gasteiger partial charge < -0.3 is 15.4 Å². The molecule has 2 heterocycles. The molecule has 1 aliphatic rings. The summed E-state index contributed by atoms with van der Waals surface area (Å²) in [6.07, 6.45) is 2.60. The van der Waals surface area contributed by atoms with Crippen LogP contribution in [0.2, 0.25) is 0 Å². The molecule has 0 unspecified atom stereocenters. The van der Waals surface area contributed by atoms with Crippen LogP contribution in [0.3, 0.4) is 0 Å². The maximum Gasteiger partial charge on any atom is 0.225 e. The molecule has 20 heavy (non-hydrogen) atoms. The Balaban J connectivity index is 1.84. The molecule has 2 rings (SSSR count). The van der Waals surface area contributed by atoms with Crippen molar-refractivity contribution in [2.75, 3.05) is 33.4 Å². The van der Waals surface area contributed by atoms with Crippen molar-refractivity contribution in [1.29, 1.82) is 0 Å². The Kier molecular flexibility index (Phi) is 5.57. The summed E-state index contributed by atoms with van der Waals surface area (Å²) >= 11 is 1.69. The Labute approximate surface area is 124 Å². The highest BCUT2D eigenvalue weighted by molar-refractivity contribution is 7.12. The zero-order chi connectivity index (χ0) is 14.4. The van der Waals surface area contributed by atoms with E-state index in [0.717, 1.165) is 30.8 Å². The molecule has 1 aliphatic heterocycles. The summed E-state index contributed by atoms with van der Waals surface area (Å²) in [6, 6.07) is 4.10. The van der Waals surface area contributed by atoms with Crippen LogP contribution in [0.1, 0.15) is 22.6 Å². The number of ether oxygens (including phenoxy) is 1. The minimum Gasteiger partial charge on any atom is -0.384 e. The average Bonchev–Trinajstić information content (AvgIpc) is 2.83. The fraction of sp³-hybridized carbons (Fsp3) is 0.667. The van der Waals surface area contributed by atoms with Crippen molar-refractivity contribution in [2.45, 2.75) is 26.2 Å². The van der Waals surface area contributed by atoms with Gasteiger partial charge in [0, 0.05) is 28.8 Å². The van der Waals surface area contributed by atoms with E-state index in [0.29, 0.717) is 19.6 Å². The molecule has 1 saturated heterocycles. The second kappa shape index (κ2) is 7.20. The highest BCUT2D eigenvalue weighted by Gasteiger charge is 2.32. The first-order chi connectivity index (χ1) is 9.63. The molecule has 0 atom stereocenters. The summed E-state index contributed by atoms with van der Waals surface area (Å²) in [5.41, 5.74) is 0.0982. The normalized spacial score (nSPS) is 17.9. The molecular formula is C15H24N2O2S. The lowest BCUT2D eigenvalue weighted by molar-refractivity contribution is -0.121. The van der Waals surface area contributed by atoms with Gasteiger partial charge in [0.2, 0.25) is 5.91 Å². The predicted molar refractivity (Wildman–Crippen MR) is 82.2 cm³/mol. The first-order valence-electron chi connectivity index (χ1n) is 7.15. The van der Waals surface area contributed by atoms with E-state index < -0.39 is 0 Å². The van der Waals surface area contributed by atoms with Gasteiger partial charge in [0.05, 0.1) is 13.0 Å². The van der Waals surface area contributed by atoms with Crippen LogP contribution in [0, 0.1) is 12.3 Å². The first kappa shape index (κ1) is 15.5. The molecule has 1 amide bonds. The molecule has 0 saturated carbocycles. The maximum atomic E-state index is 12.0. The predicted octanol–water partition coefficient (Wildman–Crippen LogP) is 1.73. The van der Waals surface area contributed by atoms with E-state index in [-0.39, 0.29) is 11.3 Å². The van der Waals surface area contributed by atoms with E-state index >= 15 is 0 Å². The van der Waals surface area contributed by atoms with Gasteiger partial charge in [0.1, 0.15) is 0 Å². The van der Waals surface area contributed by atoms with Gasteiger partial charge in [-0.25, -0.2) is 0 Å². The van der Waals surface area contributed by atoms with Gasteiger partial charge in [-0.05, 0) is 45.0 Å². The van der Waals surface area contributed by atoms with Crippen molar-refractivity contribution in [2.24, 2.45) is 5.41 Å². The number of amides is 1. The SMILES string of the molecule is COCC1(CNC(=O)Cc2ccc(C)s2)CCNCC1. The molecule has 1 aromatic heterocycles. The fourth-order valence-electron chi connectivity index (χ4n) is 2.72. The molecule has 5 heteroatoms. The average molecular weight is 296 g/mol. The molecule has 1 fully saturated rings. The molecule has 0 bridgehead atoms. The van der Waals surface area contributed by atoms with Crippen LogP contribution in [0.4, 0.5) is 0 Å². The third kappa shape index (κ3) is 4.30. The number of methoxy groups -OCH3 is 1. The summed E-state index contributed by atoms with van der Waals surface area (Å²) in [6.45, 7) is 5.50. The van der Waals surface area contributed by atoms with Crippen LogP contribution in [0.15, 0.2) is 12.1 Å². The summed E-state index contributed by atoms with van der Waals surface area (Å²) < 4.78 is 5.36. The van der Waals surface area contributed by atoms with E-state index in [4.69, 9.17) is 4.74 Å². The number of carbonyl (C=O) groups is 1. The Bertz CT molecular complexity index is 433. The van der Waals surface area contributed by atoms with Gasteiger partial charge in [0.15, 0.2) is 0 Å². The smallest absolute Gasteiger partial charge is 0.225 e. The number of nitrogens with one attached hydrogen (secondary N) is 2. The number of thiophene rings is 1. The lowest BCUT2D eigenvalue weighted by atomic mass is 9.79. The van der Waals surface area contributed by atoms with E-state index in [1.807, 2.05) is 6.07 Å². The molecule has 0 aromatic carbocycles. The third-order valence-electron chi connectivity index (χ3n) is 3.91. The van der Waals surface area contributed by atoms with Gasteiger partial charge in [0.25, 0.3) is 0 Å². The minimum absolute atomic E-state index is 0.0982. The van der Waals surface area contributed by atoms with Crippen LogP contribution in [0.25, 0.3) is 0 Å². The molecular weight excluding hydrogens is 272 g/mol. The van der Waals surface area contributed by atoms with Crippen LogP contribution >= 0.6 is 11.3 Å². The quantitative estimate of drug-likeness (QED) is 0.840. The van der Waals surface area contributed by atoms with Crippen molar-refractivity contribution in [1.82, 2.24) is 10.6 Å². The highest BCUT2D eigenvalue weighted by atomic mass is 32.1. The Morgan fingerprint density at radius 1 is 1.45 bits per heavy atom. The monoisotopic (exact) mass is 296 g/mol. The molecule has 112 valence electrons. The summed E-state index contributed by atoms with van der Waals surface area (Å²) in [5.74, 6) is 0.112. The summed E-state index contributed by atoms with van der Waals surface area (Å²) in [4.78, 5) is 14.4. The minimum atomic E-state index is 0.0982. The number of aryl methyl sites for hydroxylation is 1. The molecule has 0 spiro atoms. The number of carbonyl (C=O) groups excluding carboxylic acids is 1. The summed E-state index contributed by atoms with van der Waals surface area (Å²) in [5, 5.41) is 6.46. The number of hydrogen-bond donors (Lipinski definition) is 2. The standard InChI is InChI=1S/C15H24N2O2S/c1-12-3-4-13(20-12)9-14(18)17-10-15(11-19-2)5-7-16-8-6-15/h3-4,16H,5-11H2,1-2H3,(H,17,18). The van der Waals surface area contributed by atoms with Crippen molar-refractivity contribution in [3.05, 3.63) is 21.9 Å². The molecule has 4 nitrogen and oxygen atoms in total. The zero-order valence-electron chi connectivity index (χ0n) is 12.3. The third-order valence-corrected chi connectivity index (χ3v) is 4.91. The highest BCUT2D eigenvalue weighted by Crippen LogP contribution is 2.28. The van der Waals surface area contributed by atoms with E-state index in [1.165, 1.54) is 4.88 Å². The molecule has 2 N–H and O–H groups in total. The van der Waals surface area contributed by atoms with Crippen molar-refractivity contribution in [3.63, 3.8) is 0 Å². The van der Waals surface area contributed by atoms with Gasteiger partial charge in [-0.15, -0.1) is 11.3 Å². The Morgan fingerprint density at radius 3 is 2.80 bits per heavy atom. The van der Waals surface area contributed by atoms with Crippen LogP contribution in [-0.2, 0) is 16.0 Å². The van der Waals surface area contributed by atoms with E-state index in [1.54, 1.807) is 18.4 Å². The maximum absolute atomic E-state index is 12.0. The van der Waals surface area contributed by atoms with E-state index in [2.05, 4.69) is 23.6 Å². The topological polar surface area (TPSA) is 50.4 Å². The van der Waals surface area contributed by atoms with Gasteiger partial charge in [-0.1, -0.05) is 0 Å². The van der Waals surface area contributed by atoms with Crippen molar-refractivity contribution >= 4 is 17.2 Å². The lowest BCUT2D eigenvalue weighted by Crippen LogP contribution is -2.47. The second-order valence-corrected chi connectivity index (χ2v) is 7.02. The molecule has 0 radical (unpaired) electrons. The molecule has 1 aromatic rings. The number of rotatable bonds is 6. The van der Waals surface area contributed by atoms with Crippen molar-refractivity contribution in [3.8, 4) is 0 Å².